The number of aromatic nitrogens is 1. The summed E-state index contributed by atoms with van der Waals surface area (Å²) in [6.45, 7) is 0. The predicted octanol–water partition coefficient (Wildman–Crippen LogP) is 3.55. The summed E-state index contributed by atoms with van der Waals surface area (Å²) in [5.74, 6) is -0.895. The van der Waals surface area contributed by atoms with Gasteiger partial charge >= 0.3 is 0 Å². The molecule has 2 amide bonds. The molecule has 1 aromatic heterocycles. The van der Waals surface area contributed by atoms with Gasteiger partial charge < -0.3 is 4.98 Å². The Bertz CT molecular complexity index is 891. The molecule has 0 unspecified atom stereocenters. The van der Waals surface area contributed by atoms with Crippen LogP contribution in [0.1, 0.15) is 20.8 Å². The van der Waals surface area contributed by atoms with Crippen molar-refractivity contribution in [2.75, 3.05) is 0 Å². The van der Waals surface area contributed by atoms with Crippen LogP contribution in [0.4, 0.5) is 0 Å². The Balaban J connectivity index is 1.74. The first-order chi connectivity index (χ1) is 11.0. The number of rotatable bonds is 2. The van der Waals surface area contributed by atoms with Crippen molar-refractivity contribution in [3.05, 3.63) is 69.8 Å². The standard InChI is InChI=1S/C16H11Cl2N3O2/c17-11-6-10-7-13(19-14(10)12(18)8-11)16(23)21-20-15(22)9-4-2-1-3-5-9/h1-8,19H,(H,20,22)(H,21,23). The average molecular weight is 348 g/mol. The molecule has 0 radical (unpaired) electrons. The largest absolute Gasteiger partial charge is 0.349 e. The third kappa shape index (κ3) is 3.31. The fraction of sp³-hybridized carbons (Fsp3) is 0. The minimum Gasteiger partial charge on any atom is -0.349 e. The fourth-order valence-corrected chi connectivity index (χ4v) is 2.69. The molecule has 0 saturated carbocycles. The van der Waals surface area contributed by atoms with E-state index < -0.39 is 11.8 Å². The molecule has 0 aliphatic heterocycles. The third-order valence-electron chi connectivity index (χ3n) is 3.22. The number of halogens is 2. The molecule has 0 atom stereocenters. The van der Waals surface area contributed by atoms with Crippen LogP contribution in [0.3, 0.4) is 0 Å². The molecule has 0 aliphatic rings. The van der Waals surface area contributed by atoms with Crippen molar-refractivity contribution in [2.45, 2.75) is 0 Å². The Hall–Kier alpha value is -2.50. The van der Waals surface area contributed by atoms with Gasteiger partial charge in [0.25, 0.3) is 11.8 Å². The highest BCUT2D eigenvalue weighted by Gasteiger charge is 2.13. The summed E-state index contributed by atoms with van der Waals surface area (Å²) in [4.78, 5) is 26.9. The monoisotopic (exact) mass is 347 g/mol. The van der Waals surface area contributed by atoms with E-state index in [4.69, 9.17) is 23.2 Å². The number of H-pyrrole nitrogens is 1. The lowest BCUT2D eigenvalue weighted by Gasteiger charge is -2.06. The first-order valence-electron chi connectivity index (χ1n) is 6.68. The SMILES string of the molecule is O=C(NNC(=O)c1cc2cc(Cl)cc(Cl)c2[nH]1)c1ccccc1. The number of hydrogen-bond donors (Lipinski definition) is 3. The third-order valence-corrected chi connectivity index (χ3v) is 3.73. The van der Waals surface area contributed by atoms with Crippen LogP contribution in [0.2, 0.25) is 10.0 Å². The van der Waals surface area contributed by atoms with E-state index in [1.165, 1.54) is 0 Å². The molecule has 0 fully saturated rings. The minimum atomic E-state index is -0.488. The fourth-order valence-electron chi connectivity index (χ4n) is 2.13. The van der Waals surface area contributed by atoms with Crippen molar-refractivity contribution in [3.8, 4) is 0 Å². The number of nitrogens with one attached hydrogen (secondary N) is 3. The number of fused-ring (bicyclic) bond motifs is 1. The van der Waals surface area contributed by atoms with E-state index in [1.807, 2.05) is 0 Å². The summed E-state index contributed by atoms with van der Waals surface area (Å²) < 4.78 is 0. The number of aromatic amines is 1. The zero-order valence-corrected chi connectivity index (χ0v) is 13.2. The van der Waals surface area contributed by atoms with Gasteiger partial charge in [-0.15, -0.1) is 0 Å². The van der Waals surface area contributed by atoms with Crippen molar-refractivity contribution in [3.63, 3.8) is 0 Å². The maximum atomic E-state index is 12.1. The first-order valence-corrected chi connectivity index (χ1v) is 7.43. The van der Waals surface area contributed by atoms with Crippen LogP contribution < -0.4 is 10.9 Å². The Morgan fingerprint density at radius 3 is 2.35 bits per heavy atom. The van der Waals surface area contributed by atoms with Gasteiger partial charge in [-0.3, -0.25) is 20.4 Å². The van der Waals surface area contributed by atoms with E-state index in [-0.39, 0.29) is 5.69 Å². The van der Waals surface area contributed by atoms with E-state index >= 15 is 0 Å². The molecule has 0 bridgehead atoms. The van der Waals surface area contributed by atoms with Crippen LogP contribution in [0.15, 0.2) is 48.5 Å². The summed E-state index contributed by atoms with van der Waals surface area (Å²) in [6.07, 6.45) is 0. The predicted molar refractivity (Wildman–Crippen MR) is 89.7 cm³/mol. The van der Waals surface area contributed by atoms with Crippen molar-refractivity contribution in [2.24, 2.45) is 0 Å². The number of amides is 2. The van der Waals surface area contributed by atoms with E-state index in [1.54, 1.807) is 48.5 Å². The van der Waals surface area contributed by atoms with Gasteiger partial charge in [0.05, 0.1) is 10.5 Å². The van der Waals surface area contributed by atoms with Gasteiger partial charge in [0.1, 0.15) is 5.69 Å². The van der Waals surface area contributed by atoms with E-state index in [0.29, 0.717) is 26.5 Å². The normalized spacial score (nSPS) is 10.5. The maximum Gasteiger partial charge on any atom is 0.286 e. The molecule has 3 N–H and O–H groups in total. The van der Waals surface area contributed by atoms with Gasteiger partial charge in [0.15, 0.2) is 0 Å². The Morgan fingerprint density at radius 1 is 0.913 bits per heavy atom. The lowest BCUT2D eigenvalue weighted by molar-refractivity contribution is 0.0844. The Morgan fingerprint density at radius 2 is 1.61 bits per heavy atom. The highest BCUT2D eigenvalue weighted by molar-refractivity contribution is 6.38. The molecule has 116 valence electrons. The van der Waals surface area contributed by atoms with Crippen LogP contribution in [-0.4, -0.2) is 16.8 Å². The van der Waals surface area contributed by atoms with Gasteiger partial charge in [-0.25, -0.2) is 0 Å². The molecule has 1 heterocycles. The topological polar surface area (TPSA) is 74.0 Å². The number of carbonyl (C=O) groups excluding carboxylic acids is 2. The van der Waals surface area contributed by atoms with Gasteiger partial charge in [-0.2, -0.15) is 0 Å². The summed E-state index contributed by atoms with van der Waals surface area (Å²) in [7, 11) is 0. The second-order valence-corrected chi connectivity index (χ2v) is 5.65. The number of hydrogen-bond acceptors (Lipinski definition) is 2. The molecule has 3 rings (SSSR count). The lowest BCUT2D eigenvalue weighted by atomic mass is 10.2. The van der Waals surface area contributed by atoms with E-state index in [0.717, 1.165) is 0 Å². The van der Waals surface area contributed by atoms with Crippen LogP contribution in [0.5, 0.6) is 0 Å². The van der Waals surface area contributed by atoms with E-state index in [2.05, 4.69) is 15.8 Å². The van der Waals surface area contributed by atoms with Gasteiger partial charge in [0, 0.05) is 16.0 Å². The van der Waals surface area contributed by atoms with Crippen molar-refractivity contribution >= 4 is 45.9 Å². The first kappa shape index (κ1) is 15.4. The summed E-state index contributed by atoms with van der Waals surface area (Å²) in [5.41, 5.74) is 6.01. The Labute approximate surface area is 141 Å². The van der Waals surface area contributed by atoms with Gasteiger partial charge in [-0.05, 0) is 30.3 Å². The summed E-state index contributed by atoms with van der Waals surface area (Å²) in [6, 6.07) is 13.4. The number of carbonyl (C=O) groups is 2. The molecular formula is C16H11Cl2N3O2. The van der Waals surface area contributed by atoms with Crippen LogP contribution in [0, 0.1) is 0 Å². The van der Waals surface area contributed by atoms with Crippen LogP contribution in [-0.2, 0) is 0 Å². The van der Waals surface area contributed by atoms with Crippen molar-refractivity contribution in [1.82, 2.24) is 15.8 Å². The van der Waals surface area contributed by atoms with E-state index in [9.17, 15) is 9.59 Å². The lowest BCUT2D eigenvalue weighted by Crippen LogP contribution is -2.41. The number of benzene rings is 2. The molecule has 0 spiro atoms. The molecular weight excluding hydrogens is 337 g/mol. The smallest absolute Gasteiger partial charge is 0.286 e. The zero-order chi connectivity index (χ0) is 16.4. The van der Waals surface area contributed by atoms with Gasteiger partial charge in [0.2, 0.25) is 0 Å². The Kier molecular flexibility index (Phi) is 4.23. The molecule has 23 heavy (non-hydrogen) atoms. The maximum absolute atomic E-state index is 12.1. The average Bonchev–Trinajstić information content (AvgIpc) is 2.97. The molecule has 7 heteroatoms. The summed E-state index contributed by atoms with van der Waals surface area (Å²) in [5, 5.41) is 1.60. The van der Waals surface area contributed by atoms with Crippen molar-refractivity contribution < 1.29 is 9.59 Å². The molecule has 2 aromatic carbocycles. The molecule has 0 aliphatic carbocycles. The molecule has 0 saturated heterocycles. The molecule has 5 nitrogen and oxygen atoms in total. The highest BCUT2D eigenvalue weighted by atomic mass is 35.5. The van der Waals surface area contributed by atoms with Crippen molar-refractivity contribution in [1.29, 1.82) is 0 Å². The summed E-state index contributed by atoms with van der Waals surface area (Å²) >= 11 is 12.0. The van der Waals surface area contributed by atoms with Crippen LogP contribution >= 0.6 is 23.2 Å². The van der Waals surface area contributed by atoms with Gasteiger partial charge in [-0.1, -0.05) is 41.4 Å². The zero-order valence-electron chi connectivity index (χ0n) is 11.7. The highest BCUT2D eigenvalue weighted by Crippen LogP contribution is 2.27. The molecule has 3 aromatic rings. The van der Waals surface area contributed by atoms with Crippen LogP contribution in [0.25, 0.3) is 10.9 Å². The second-order valence-electron chi connectivity index (χ2n) is 4.81. The second kappa shape index (κ2) is 6.32. The minimum absolute atomic E-state index is 0.262. The number of hydrazine groups is 1. The quantitative estimate of drug-likeness (QED) is 0.620.